The van der Waals surface area contributed by atoms with Gasteiger partial charge in [-0.1, -0.05) is 19.9 Å². The van der Waals surface area contributed by atoms with E-state index in [1.807, 2.05) is 6.07 Å². The molecule has 0 radical (unpaired) electrons. The summed E-state index contributed by atoms with van der Waals surface area (Å²) in [4.78, 5) is 11.7. The van der Waals surface area contributed by atoms with Crippen LogP contribution in [-0.2, 0) is 4.74 Å². The van der Waals surface area contributed by atoms with E-state index in [4.69, 9.17) is 10.00 Å². The number of nitrogens with one attached hydrogen (secondary N) is 1. The van der Waals surface area contributed by atoms with Crippen LogP contribution in [0.3, 0.4) is 0 Å². The molecule has 0 aliphatic heterocycles. The Hall–Kier alpha value is -1.86. The van der Waals surface area contributed by atoms with Crippen molar-refractivity contribution in [1.82, 2.24) is 5.32 Å². The molecule has 0 aliphatic carbocycles. The molecule has 0 saturated carbocycles. The molecule has 0 unspecified atom stereocenters. The molecule has 1 aromatic carbocycles. The van der Waals surface area contributed by atoms with E-state index in [0.29, 0.717) is 36.8 Å². The van der Waals surface area contributed by atoms with Gasteiger partial charge < -0.3 is 10.1 Å². The maximum absolute atomic E-state index is 11.7. The number of nitrogens with zero attached hydrogens (tertiary/aromatic N) is 1. The van der Waals surface area contributed by atoms with Crippen LogP contribution in [0.5, 0.6) is 0 Å². The van der Waals surface area contributed by atoms with Crippen LogP contribution in [0.2, 0.25) is 0 Å². The molecule has 4 nitrogen and oxygen atoms in total. The molecule has 0 aromatic heterocycles. The maximum atomic E-state index is 11.7. The number of hydrogen-bond donors (Lipinski definition) is 1. The topological polar surface area (TPSA) is 62.1 Å². The third-order valence-corrected chi connectivity index (χ3v) is 2.24. The normalized spacial score (nSPS) is 10.1. The molecule has 0 saturated heterocycles. The number of hydrogen-bond acceptors (Lipinski definition) is 3. The highest BCUT2D eigenvalue weighted by Gasteiger charge is 2.05. The van der Waals surface area contributed by atoms with Gasteiger partial charge in [0.1, 0.15) is 0 Å². The zero-order valence-electron chi connectivity index (χ0n) is 10.8. The third kappa shape index (κ3) is 4.98. The molecule has 0 atom stereocenters. The first kappa shape index (κ1) is 14.2. The van der Waals surface area contributed by atoms with E-state index in [2.05, 4.69) is 19.2 Å². The predicted octanol–water partition coefficient (Wildman–Crippen LogP) is 1.96. The van der Waals surface area contributed by atoms with Gasteiger partial charge in [-0.2, -0.15) is 5.26 Å². The van der Waals surface area contributed by atoms with Crippen LogP contribution >= 0.6 is 0 Å². The van der Waals surface area contributed by atoms with Crippen molar-refractivity contribution in [3.63, 3.8) is 0 Å². The fraction of sp³-hybridized carbons (Fsp3) is 0.429. The largest absolute Gasteiger partial charge is 0.379 e. The summed E-state index contributed by atoms with van der Waals surface area (Å²) in [5, 5.41) is 11.5. The van der Waals surface area contributed by atoms with E-state index in [1.165, 1.54) is 0 Å². The van der Waals surface area contributed by atoms with E-state index < -0.39 is 0 Å². The van der Waals surface area contributed by atoms with E-state index in [0.717, 1.165) is 0 Å². The SMILES string of the molecule is CC(C)COCCNC(=O)c1cccc(C#N)c1. The lowest BCUT2D eigenvalue weighted by Crippen LogP contribution is -2.27. The molecule has 0 heterocycles. The first-order valence-corrected chi connectivity index (χ1v) is 5.99. The predicted molar refractivity (Wildman–Crippen MR) is 69.1 cm³/mol. The first-order chi connectivity index (χ1) is 8.63. The van der Waals surface area contributed by atoms with Gasteiger partial charge in [0, 0.05) is 18.7 Å². The standard InChI is InChI=1S/C14H18N2O2/c1-11(2)10-18-7-6-16-14(17)13-5-3-4-12(8-13)9-15/h3-5,8,11H,6-7,10H2,1-2H3,(H,16,17). The van der Waals surface area contributed by atoms with Gasteiger partial charge in [-0.3, -0.25) is 4.79 Å². The summed E-state index contributed by atoms with van der Waals surface area (Å²) in [6, 6.07) is 8.63. The van der Waals surface area contributed by atoms with E-state index >= 15 is 0 Å². The Morgan fingerprint density at radius 2 is 2.28 bits per heavy atom. The van der Waals surface area contributed by atoms with Gasteiger partial charge >= 0.3 is 0 Å². The van der Waals surface area contributed by atoms with Crippen molar-refractivity contribution in [2.24, 2.45) is 5.92 Å². The Labute approximate surface area is 108 Å². The minimum Gasteiger partial charge on any atom is -0.379 e. The second kappa shape index (κ2) is 7.46. The molecule has 0 aliphatic rings. The van der Waals surface area contributed by atoms with Gasteiger partial charge in [0.25, 0.3) is 5.91 Å². The van der Waals surface area contributed by atoms with Gasteiger partial charge in [0.15, 0.2) is 0 Å². The van der Waals surface area contributed by atoms with Crippen molar-refractivity contribution in [3.8, 4) is 6.07 Å². The summed E-state index contributed by atoms with van der Waals surface area (Å²) in [5.74, 6) is 0.313. The minimum atomic E-state index is -0.180. The molecule has 0 spiro atoms. The van der Waals surface area contributed by atoms with Crippen LogP contribution in [0, 0.1) is 17.2 Å². The van der Waals surface area contributed by atoms with Gasteiger partial charge in [0.05, 0.1) is 18.2 Å². The molecule has 96 valence electrons. The Morgan fingerprint density at radius 1 is 1.50 bits per heavy atom. The van der Waals surface area contributed by atoms with Crippen molar-refractivity contribution in [2.45, 2.75) is 13.8 Å². The number of benzene rings is 1. The quantitative estimate of drug-likeness (QED) is 0.780. The van der Waals surface area contributed by atoms with E-state index in [-0.39, 0.29) is 5.91 Å². The lowest BCUT2D eigenvalue weighted by Gasteiger charge is -2.08. The Morgan fingerprint density at radius 3 is 2.94 bits per heavy atom. The average molecular weight is 246 g/mol. The molecule has 0 bridgehead atoms. The van der Waals surface area contributed by atoms with Crippen LogP contribution < -0.4 is 5.32 Å². The Balaban J connectivity index is 2.34. The number of nitriles is 1. The summed E-state index contributed by atoms with van der Waals surface area (Å²) in [6.07, 6.45) is 0. The summed E-state index contributed by atoms with van der Waals surface area (Å²) in [6.45, 7) is 5.82. The average Bonchev–Trinajstić information content (AvgIpc) is 2.37. The summed E-state index contributed by atoms with van der Waals surface area (Å²) < 4.78 is 5.36. The van der Waals surface area contributed by atoms with Gasteiger partial charge in [-0.25, -0.2) is 0 Å². The monoisotopic (exact) mass is 246 g/mol. The minimum absolute atomic E-state index is 0.180. The highest BCUT2D eigenvalue weighted by Crippen LogP contribution is 2.03. The van der Waals surface area contributed by atoms with E-state index in [1.54, 1.807) is 24.3 Å². The lowest BCUT2D eigenvalue weighted by atomic mass is 10.1. The smallest absolute Gasteiger partial charge is 0.251 e. The highest BCUT2D eigenvalue weighted by atomic mass is 16.5. The molecule has 18 heavy (non-hydrogen) atoms. The second-order valence-electron chi connectivity index (χ2n) is 4.42. The van der Waals surface area contributed by atoms with Crippen LogP contribution in [0.1, 0.15) is 29.8 Å². The van der Waals surface area contributed by atoms with Crippen molar-refractivity contribution in [3.05, 3.63) is 35.4 Å². The maximum Gasteiger partial charge on any atom is 0.251 e. The van der Waals surface area contributed by atoms with Crippen LogP contribution in [0.25, 0.3) is 0 Å². The molecular weight excluding hydrogens is 228 g/mol. The van der Waals surface area contributed by atoms with Crippen molar-refractivity contribution in [1.29, 1.82) is 5.26 Å². The number of ether oxygens (including phenoxy) is 1. The second-order valence-corrected chi connectivity index (χ2v) is 4.42. The molecular formula is C14H18N2O2. The molecule has 0 fully saturated rings. The Bertz CT molecular complexity index is 436. The summed E-state index contributed by atoms with van der Waals surface area (Å²) >= 11 is 0. The number of carbonyl (C=O) groups excluding carboxylic acids is 1. The third-order valence-electron chi connectivity index (χ3n) is 2.24. The van der Waals surface area contributed by atoms with Crippen molar-refractivity contribution >= 4 is 5.91 Å². The van der Waals surface area contributed by atoms with E-state index in [9.17, 15) is 4.79 Å². The summed E-state index contributed by atoms with van der Waals surface area (Å²) in [7, 11) is 0. The number of amides is 1. The highest BCUT2D eigenvalue weighted by molar-refractivity contribution is 5.94. The zero-order valence-corrected chi connectivity index (χ0v) is 10.8. The van der Waals surface area contributed by atoms with Crippen molar-refractivity contribution in [2.75, 3.05) is 19.8 Å². The fourth-order valence-corrected chi connectivity index (χ4v) is 1.39. The van der Waals surface area contributed by atoms with Crippen LogP contribution in [0.4, 0.5) is 0 Å². The van der Waals surface area contributed by atoms with Crippen molar-refractivity contribution < 1.29 is 9.53 Å². The van der Waals surface area contributed by atoms with Crippen LogP contribution in [0.15, 0.2) is 24.3 Å². The van der Waals surface area contributed by atoms with Gasteiger partial charge in [-0.15, -0.1) is 0 Å². The molecule has 1 rings (SSSR count). The van der Waals surface area contributed by atoms with Gasteiger partial charge in [-0.05, 0) is 24.1 Å². The lowest BCUT2D eigenvalue weighted by molar-refractivity contribution is 0.0886. The fourth-order valence-electron chi connectivity index (χ4n) is 1.39. The van der Waals surface area contributed by atoms with Crippen LogP contribution in [-0.4, -0.2) is 25.7 Å². The first-order valence-electron chi connectivity index (χ1n) is 5.99. The molecule has 1 aromatic rings. The van der Waals surface area contributed by atoms with Gasteiger partial charge in [0.2, 0.25) is 0 Å². The number of carbonyl (C=O) groups is 1. The summed E-state index contributed by atoms with van der Waals surface area (Å²) in [5.41, 5.74) is 0.983. The molecule has 1 amide bonds. The number of rotatable bonds is 6. The molecule has 4 heteroatoms. The molecule has 1 N–H and O–H groups in total. The zero-order chi connectivity index (χ0) is 13.4. The Kier molecular flexibility index (Phi) is 5.89.